The van der Waals surface area contributed by atoms with E-state index in [2.05, 4.69) is 31.5 Å². The summed E-state index contributed by atoms with van der Waals surface area (Å²) in [6, 6.07) is 5.04. The van der Waals surface area contributed by atoms with E-state index in [0.29, 0.717) is 5.56 Å². The van der Waals surface area contributed by atoms with Crippen LogP contribution in [0.25, 0.3) is 0 Å². The van der Waals surface area contributed by atoms with Crippen LogP contribution in [0.15, 0.2) is 24.5 Å². The van der Waals surface area contributed by atoms with Crippen molar-refractivity contribution in [1.29, 1.82) is 0 Å². The van der Waals surface area contributed by atoms with Crippen LogP contribution in [0.2, 0.25) is 0 Å². The second-order valence-electron chi connectivity index (χ2n) is 4.97. The van der Waals surface area contributed by atoms with Crippen LogP contribution in [-0.2, 0) is 19.6 Å². The van der Waals surface area contributed by atoms with Gasteiger partial charge in [-0.05, 0) is 17.7 Å². The van der Waals surface area contributed by atoms with Crippen LogP contribution in [0.4, 0.5) is 4.39 Å². The van der Waals surface area contributed by atoms with Gasteiger partial charge in [0.1, 0.15) is 18.0 Å². The van der Waals surface area contributed by atoms with Crippen LogP contribution in [0.3, 0.4) is 0 Å². The van der Waals surface area contributed by atoms with Crippen LogP contribution in [0.5, 0.6) is 0 Å². The van der Waals surface area contributed by atoms with Crippen LogP contribution in [0.1, 0.15) is 17.0 Å². The summed E-state index contributed by atoms with van der Waals surface area (Å²) in [6.45, 7) is 3.52. The van der Waals surface area contributed by atoms with Gasteiger partial charge in [0, 0.05) is 19.6 Å². The molecule has 0 saturated heterocycles. The monoisotopic (exact) mass is 285 g/mol. The molecule has 108 valence electrons. The van der Waals surface area contributed by atoms with Gasteiger partial charge in [-0.15, -0.1) is 10.2 Å². The Morgan fingerprint density at radius 2 is 2.24 bits per heavy atom. The Hall–Kier alpha value is -2.23. The molecule has 6 heteroatoms. The van der Waals surface area contributed by atoms with Gasteiger partial charge in [0.15, 0.2) is 0 Å². The second kappa shape index (κ2) is 6.04. The first-order chi connectivity index (χ1) is 10.3. The fraction of sp³-hybridized carbons (Fsp3) is 0.333. The molecule has 0 fully saturated rings. The summed E-state index contributed by atoms with van der Waals surface area (Å²) in [5.41, 5.74) is 6.76. The zero-order valence-corrected chi connectivity index (χ0v) is 11.6. The lowest BCUT2D eigenvalue weighted by Crippen LogP contribution is -2.33. The third-order valence-corrected chi connectivity index (χ3v) is 3.48. The molecular formula is C15H16FN5. The van der Waals surface area contributed by atoms with Crippen molar-refractivity contribution in [3.8, 4) is 11.8 Å². The summed E-state index contributed by atoms with van der Waals surface area (Å²) < 4.78 is 15.7. The number of hydrogen-bond donors (Lipinski definition) is 1. The Morgan fingerprint density at radius 1 is 1.33 bits per heavy atom. The Bertz CT molecular complexity index is 698. The summed E-state index contributed by atoms with van der Waals surface area (Å²) in [6.07, 6.45) is 1.76. The maximum atomic E-state index is 13.6. The van der Waals surface area contributed by atoms with Gasteiger partial charge in [0.25, 0.3) is 0 Å². The van der Waals surface area contributed by atoms with Crippen molar-refractivity contribution in [2.45, 2.75) is 19.6 Å². The molecular weight excluding hydrogens is 269 g/mol. The molecule has 5 nitrogen and oxygen atoms in total. The first-order valence-electron chi connectivity index (χ1n) is 6.82. The molecule has 0 amide bonds. The molecule has 0 atom stereocenters. The number of hydrogen-bond acceptors (Lipinski definition) is 4. The maximum absolute atomic E-state index is 13.6. The highest BCUT2D eigenvalue weighted by Gasteiger charge is 2.17. The van der Waals surface area contributed by atoms with Gasteiger partial charge >= 0.3 is 0 Å². The van der Waals surface area contributed by atoms with Crippen molar-refractivity contribution in [3.63, 3.8) is 0 Å². The molecule has 0 radical (unpaired) electrons. The van der Waals surface area contributed by atoms with E-state index in [9.17, 15) is 4.39 Å². The van der Waals surface area contributed by atoms with Crippen molar-refractivity contribution in [2.24, 2.45) is 5.73 Å². The molecule has 21 heavy (non-hydrogen) atoms. The molecule has 1 aliphatic heterocycles. The number of nitrogens with zero attached hydrogens (tertiary/aromatic N) is 4. The third-order valence-electron chi connectivity index (χ3n) is 3.48. The minimum absolute atomic E-state index is 0.228. The number of nitrogens with two attached hydrogens (primary N) is 1. The van der Waals surface area contributed by atoms with Crippen LogP contribution >= 0.6 is 0 Å². The van der Waals surface area contributed by atoms with E-state index in [-0.39, 0.29) is 12.4 Å². The van der Waals surface area contributed by atoms with Gasteiger partial charge < -0.3 is 10.3 Å². The summed E-state index contributed by atoms with van der Waals surface area (Å²) in [5.74, 6) is 6.11. The van der Waals surface area contributed by atoms with Gasteiger partial charge in [0.2, 0.25) is 0 Å². The van der Waals surface area contributed by atoms with Gasteiger partial charge in [-0.2, -0.15) is 0 Å². The average Bonchev–Trinajstić information content (AvgIpc) is 2.95. The van der Waals surface area contributed by atoms with Gasteiger partial charge in [-0.1, -0.05) is 17.9 Å². The second-order valence-corrected chi connectivity index (χ2v) is 4.97. The minimum atomic E-state index is -0.307. The minimum Gasteiger partial charge on any atom is -0.320 e. The number of fused-ring (bicyclic) bond motifs is 1. The van der Waals surface area contributed by atoms with E-state index in [1.165, 1.54) is 6.07 Å². The Labute approximate surface area is 122 Å². The van der Waals surface area contributed by atoms with Gasteiger partial charge in [0.05, 0.1) is 18.7 Å². The molecule has 0 saturated carbocycles. The number of aromatic nitrogens is 3. The van der Waals surface area contributed by atoms with E-state index >= 15 is 0 Å². The van der Waals surface area contributed by atoms with E-state index < -0.39 is 0 Å². The lowest BCUT2D eigenvalue weighted by molar-refractivity contribution is 0.208. The predicted octanol–water partition coefficient (Wildman–Crippen LogP) is 0.743. The molecule has 2 heterocycles. The normalized spacial score (nSPS) is 14.4. The van der Waals surface area contributed by atoms with Crippen molar-refractivity contribution in [2.75, 3.05) is 13.1 Å². The number of benzene rings is 1. The standard InChI is InChI=1S/C15H16FN5/c16-14-4-3-12(8-13(14)2-1-5-17)9-20-6-7-21-11-18-19-15(21)10-20/h3-4,8,11H,5-7,9-10,17H2. The van der Waals surface area contributed by atoms with Crippen molar-refractivity contribution in [3.05, 3.63) is 47.3 Å². The van der Waals surface area contributed by atoms with Crippen molar-refractivity contribution >= 4 is 0 Å². The smallest absolute Gasteiger partial charge is 0.147 e. The topological polar surface area (TPSA) is 60.0 Å². The highest BCUT2D eigenvalue weighted by molar-refractivity contribution is 5.38. The summed E-state index contributed by atoms with van der Waals surface area (Å²) >= 11 is 0. The summed E-state index contributed by atoms with van der Waals surface area (Å²) in [5, 5.41) is 8.01. The molecule has 0 unspecified atom stereocenters. The largest absolute Gasteiger partial charge is 0.320 e. The van der Waals surface area contributed by atoms with Crippen LogP contribution < -0.4 is 5.73 Å². The SMILES string of the molecule is NCC#Cc1cc(CN2CCn3cnnc3C2)ccc1F. The Morgan fingerprint density at radius 3 is 3.10 bits per heavy atom. The van der Waals surface area contributed by atoms with E-state index in [1.54, 1.807) is 18.5 Å². The quantitative estimate of drug-likeness (QED) is 0.827. The first-order valence-corrected chi connectivity index (χ1v) is 6.82. The highest BCUT2D eigenvalue weighted by atomic mass is 19.1. The first kappa shape index (κ1) is 13.7. The Balaban J connectivity index is 1.74. The third kappa shape index (κ3) is 3.10. The van der Waals surface area contributed by atoms with E-state index in [4.69, 9.17) is 5.73 Å². The van der Waals surface area contributed by atoms with Crippen molar-refractivity contribution in [1.82, 2.24) is 19.7 Å². The van der Waals surface area contributed by atoms with E-state index in [0.717, 1.165) is 37.6 Å². The lowest BCUT2D eigenvalue weighted by Gasteiger charge is -2.26. The summed E-state index contributed by atoms with van der Waals surface area (Å²) in [7, 11) is 0. The fourth-order valence-corrected chi connectivity index (χ4v) is 2.42. The molecule has 1 aliphatic rings. The van der Waals surface area contributed by atoms with Gasteiger partial charge in [-0.25, -0.2) is 4.39 Å². The zero-order valence-electron chi connectivity index (χ0n) is 11.6. The van der Waals surface area contributed by atoms with Crippen LogP contribution in [-0.4, -0.2) is 32.8 Å². The molecule has 1 aromatic heterocycles. The van der Waals surface area contributed by atoms with Gasteiger partial charge in [-0.3, -0.25) is 4.90 Å². The van der Waals surface area contributed by atoms with Crippen LogP contribution in [0, 0.1) is 17.7 Å². The number of rotatable bonds is 2. The molecule has 1 aromatic carbocycles. The molecule has 0 aliphatic carbocycles. The predicted molar refractivity (Wildman–Crippen MR) is 76.5 cm³/mol. The number of halogens is 1. The maximum Gasteiger partial charge on any atom is 0.147 e. The molecule has 2 aromatic rings. The molecule has 3 rings (SSSR count). The molecule has 2 N–H and O–H groups in total. The Kier molecular flexibility index (Phi) is 3.95. The average molecular weight is 285 g/mol. The molecule has 0 spiro atoms. The summed E-state index contributed by atoms with van der Waals surface area (Å²) in [4.78, 5) is 2.26. The zero-order chi connectivity index (χ0) is 14.7. The highest BCUT2D eigenvalue weighted by Crippen LogP contribution is 2.15. The lowest BCUT2D eigenvalue weighted by atomic mass is 10.1. The van der Waals surface area contributed by atoms with Crippen molar-refractivity contribution < 1.29 is 4.39 Å². The van der Waals surface area contributed by atoms with E-state index in [1.807, 2.05) is 0 Å². The fourth-order valence-electron chi connectivity index (χ4n) is 2.42. The molecule has 0 bridgehead atoms.